The van der Waals surface area contributed by atoms with Crippen LogP contribution in [0.2, 0.25) is 0 Å². The molecule has 0 N–H and O–H groups in total. The Morgan fingerprint density at radius 3 is 2.60 bits per heavy atom. The summed E-state index contributed by atoms with van der Waals surface area (Å²) < 4.78 is 5.24. The predicted octanol–water partition coefficient (Wildman–Crippen LogP) is 2.77. The Kier molecular flexibility index (Phi) is 6.61. The largest absolute Gasteiger partial charge is 0.381 e. The maximum absolute atomic E-state index is 5.24. The van der Waals surface area contributed by atoms with Crippen molar-refractivity contribution in [3.05, 3.63) is 12.7 Å². The van der Waals surface area contributed by atoms with E-state index in [1.54, 1.807) is 7.11 Å². The minimum absolute atomic E-state index is 0.447. The molecular weight excluding hydrogens is 124 g/mol. The minimum Gasteiger partial charge on any atom is -0.381 e. The van der Waals surface area contributed by atoms with Gasteiger partial charge in [-0.05, 0) is 19.3 Å². The van der Waals surface area contributed by atoms with E-state index in [-0.39, 0.29) is 0 Å². The van der Waals surface area contributed by atoms with Crippen LogP contribution in [-0.4, -0.2) is 13.2 Å². The van der Waals surface area contributed by atoms with Crippen LogP contribution in [0.5, 0.6) is 0 Å². The molecule has 0 aromatic rings. The van der Waals surface area contributed by atoms with Crippen LogP contribution in [0, 0.1) is 0 Å². The molecule has 10 heavy (non-hydrogen) atoms. The number of ether oxygens (including phenoxy) is 1. The molecular formula is C9H18O. The molecule has 0 aromatic heterocycles. The van der Waals surface area contributed by atoms with Gasteiger partial charge in [0.2, 0.25) is 0 Å². The van der Waals surface area contributed by atoms with Crippen molar-refractivity contribution in [1.29, 1.82) is 0 Å². The van der Waals surface area contributed by atoms with Crippen molar-refractivity contribution in [2.75, 3.05) is 7.11 Å². The van der Waals surface area contributed by atoms with Crippen molar-refractivity contribution in [2.24, 2.45) is 0 Å². The lowest BCUT2D eigenvalue weighted by Crippen LogP contribution is -2.08. The normalized spacial score (nSPS) is 13.0. The fourth-order valence-electron chi connectivity index (χ4n) is 1.01. The van der Waals surface area contributed by atoms with Gasteiger partial charge in [0.25, 0.3) is 0 Å². The highest BCUT2D eigenvalue weighted by atomic mass is 16.5. The van der Waals surface area contributed by atoms with E-state index in [9.17, 15) is 0 Å². The van der Waals surface area contributed by atoms with Crippen LogP contribution in [0.3, 0.4) is 0 Å². The summed E-state index contributed by atoms with van der Waals surface area (Å²) in [5.74, 6) is 0. The van der Waals surface area contributed by atoms with Gasteiger partial charge >= 0.3 is 0 Å². The third-order valence-corrected chi connectivity index (χ3v) is 1.64. The highest BCUT2D eigenvalue weighted by Crippen LogP contribution is 2.07. The molecule has 0 radical (unpaired) electrons. The van der Waals surface area contributed by atoms with Gasteiger partial charge in [0, 0.05) is 7.11 Å². The Morgan fingerprint density at radius 2 is 2.20 bits per heavy atom. The molecule has 0 aliphatic carbocycles. The summed E-state index contributed by atoms with van der Waals surface area (Å²) in [4.78, 5) is 0. The van der Waals surface area contributed by atoms with E-state index in [1.165, 1.54) is 12.8 Å². The first-order valence-electron chi connectivity index (χ1n) is 3.98. The maximum atomic E-state index is 5.24. The summed E-state index contributed by atoms with van der Waals surface area (Å²) in [5, 5.41) is 0. The smallest absolute Gasteiger partial charge is 0.0574 e. The Morgan fingerprint density at radius 1 is 1.50 bits per heavy atom. The molecule has 0 saturated carbocycles. The highest BCUT2D eigenvalue weighted by Gasteiger charge is 2.02. The first-order valence-corrected chi connectivity index (χ1v) is 3.98. The van der Waals surface area contributed by atoms with Crippen LogP contribution in [0.25, 0.3) is 0 Å². The zero-order chi connectivity index (χ0) is 7.82. The van der Waals surface area contributed by atoms with Gasteiger partial charge in [-0.15, -0.1) is 6.58 Å². The van der Waals surface area contributed by atoms with E-state index >= 15 is 0 Å². The second kappa shape index (κ2) is 6.81. The van der Waals surface area contributed by atoms with Gasteiger partial charge in [-0.2, -0.15) is 0 Å². The minimum atomic E-state index is 0.447. The van der Waals surface area contributed by atoms with Crippen LogP contribution in [-0.2, 0) is 4.74 Å². The summed E-state index contributed by atoms with van der Waals surface area (Å²) in [6.45, 7) is 5.85. The number of hydrogen-bond acceptors (Lipinski definition) is 1. The summed E-state index contributed by atoms with van der Waals surface area (Å²) in [6, 6.07) is 0. The van der Waals surface area contributed by atoms with Crippen molar-refractivity contribution in [2.45, 2.75) is 38.7 Å². The molecule has 0 spiro atoms. The molecule has 0 heterocycles. The van der Waals surface area contributed by atoms with E-state index in [0.717, 1.165) is 12.8 Å². The summed E-state index contributed by atoms with van der Waals surface area (Å²) in [7, 11) is 1.78. The number of allylic oxidation sites excluding steroid dienone is 1. The van der Waals surface area contributed by atoms with Crippen molar-refractivity contribution in [3.63, 3.8) is 0 Å². The van der Waals surface area contributed by atoms with Crippen LogP contribution in [0.15, 0.2) is 12.7 Å². The SMILES string of the molecule is C=CCCC(CCC)OC. The van der Waals surface area contributed by atoms with Gasteiger partial charge in [-0.3, -0.25) is 0 Å². The van der Waals surface area contributed by atoms with E-state index in [4.69, 9.17) is 4.74 Å². The lowest BCUT2D eigenvalue weighted by Gasteiger charge is -2.11. The van der Waals surface area contributed by atoms with E-state index in [1.807, 2.05) is 6.08 Å². The molecule has 1 nitrogen and oxygen atoms in total. The Bertz CT molecular complexity index is 78.8. The van der Waals surface area contributed by atoms with Gasteiger partial charge in [0.1, 0.15) is 0 Å². The quantitative estimate of drug-likeness (QED) is 0.518. The zero-order valence-electron chi connectivity index (χ0n) is 7.10. The van der Waals surface area contributed by atoms with Gasteiger partial charge in [0.15, 0.2) is 0 Å². The summed E-state index contributed by atoms with van der Waals surface area (Å²) in [6.07, 6.45) is 6.96. The fourth-order valence-corrected chi connectivity index (χ4v) is 1.01. The first kappa shape index (κ1) is 9.70. The molecule has 60 valence electrons. The molecule has 0 aromatic carbocycles. The summed E-state index contributed by atoms with van der Waals surface area (Å²) >= 11 is 0. The average Bonchev–Trinajstić information content (AvgIpc) is 1.98. The maximum Gasteiger partial charge on any atom is 0.0574 e. The van der Waals surface area contributed by atoms with Crippen molar-refractivity contribution in [3.8, 4) is 0 Å². The predicted molar refractivity (Wildman–Crippen MR) is 45.1 cm³/mol. The summed E-state index contributed by atoms with van der Waals surface area (Å²) in [5.41, 5.74) is 0. The molecule has 0 aliphatic rings. The van der Waals surface area contributed by atoms with Crippen molar-refractivity contribution in [1.82, 2.24) is 0 Å². The molecule has 1 atom stereocenters. The Labute approximate surface area is 64.1 Å². The van der Waals surface area contributed by atoms with Gasteiger partial charge in [-0.25, -0.2) is 0 Å². The van der Waals surface area contributed by atoms with Crippen LogP contribution < -0.4 is 0 Å². The average molecular weight is 142 g/mol. The van der Waals surface area contributed by atoms with Gasteiger partial charge < -0.3 is 4.74 Å². The van der Waals surface area contributed by atoms with E-state index in [2.05, 4.69) is 13.5 Å². The molecule has 0 aliphatic heterocycles. The molecule has 0 fully saturated rings. The zero-order valence-corrected chi connectivity index (χ0v) is 7.10. The molecule has 0 bridgehead atoms. The van der Waals surface area contributed by atoms with Crippen LogP contribution in [0.1, 0.15) is 32.6 Å². The number of rotatable bonds is 6. The van der Waals surface area contributed by atoms with Crippen molar-refractivity contribution >= 4 is 0 Å². The highest BCUT2D eigenvalue weighted by molar-refractivity contribution is 4.69. The third kappa shape index (κ3) is 4.57. The van der Waals surface area contributed by atoms with Gasteiger partial charge in [0.05, 0.1) is 6.10 Å². The Balaban J connectivity index is 3.29. The number of hydrogen-bond donors (Lipinski definition) is 0. The molecule has 0 amide bonds. The lowest BCUT2D eigenvalue weighted by molar-refractivity contribution is 0.0882. The van der Waals surface area contributed by atoms with E-state index < -0.39 is 0 Å². The standard InChI is InChI=1S/C9H18O/c1-4-6-8-9(10-3)7-5-2/h4,9H,1,5-8H2,2-3H3. The fraction of sp³-hybridized carbons (Fsp3) is 0.778. The monoisotopic (exact) mass is 142 g/mol. The topological polar surface area (TPSA) is 9.23 Å². The molecule has 0 rings (SSSR count). The molecule has 1 unspecified atom stereocenters. The van der Waals surface area contributed by atoms with Crippen molar-refractivity contribution < 1.29 is 4.74 Å². The second-order valence-electron chi connectivity index (χ2n) is 2.51. The van der Waals surface area contributed by atoms with E-state index in [0.29, 0.717) is 6.10 Å². The molecule has 0 saturated heterocycles. The lowest BCUT2D eigenvalue weighted by atomic mass is 10.1. The first-order chi connectivity index (χ1) is 4.85. The number of methoxy groups -OCH3 is 1. The molecule has 1 heteroatoms. The second-order valence-corrected chi connectivity index (χ2v) is 2.51. The Hall–Kier alpha value is -0.300. The van der Waals surface area contributed by atoms with Gasteiger partial charge in [-0.1, -0.05) is 19.4 Å². The van der Waals surface area contributed by atoms with Crippen LogP contribution >= 0.6 is 0 Å². The third-order valence-electron chi connectivity index (χ3n) is 1.64. The van der Waals surface area contributed by atoms with Crippen LogP contribution in [0.4, 0.5) is 0 Å².